The quantitative estimate of drug-likeness (QED) is 0.0291. The number of nitrogens with two attached hydrogens (primary N) is 1. The summed E-state index contributed by atoms with van der Waals surface area (Å²) in [5, 5.41) is 0. The molecule has 2 unspecified atom stereocenters. The van der Waals surface area contributed by atoms with E-state index in [1.54, 1.807) is 38.5 Å². The molecule has 3 aliphatic heterocycles. The highest BCUT2D eigenvalue weighted by Gasteiger charge is 2.56. The summed E-state index contributed by atoms with van der Waals surface area (Å²) in [6.45, 7) is 8.64. The van der Waals surface area contributed by atoms with Crippen LogP contribution in [0.4, 0.5) is 0 Å². The number of carbonyl (C=O) groups excluding carboxylic acids is 1. The molecule has 0 saturated carbocycles. The molecule has 6 aromatic carbocycles. The fourth-order valence-corrected chi connectivity index (χ4v) is 17.4. The van der Waals surface area contributed by atoms with Crippen LogP contribution in [0.5, 0.6) is 11.5 Å². The Balaban J connectivity index is 1.09. The highest BCUT2D eigenvalue weighted by molar-refractivity contribution is 7.63. The molecule has 0 amide bonds. The molecule has 0 radical (unpaired) electrons. The van der Waals surface area contributed by atoms with Gasteiger partial charge in [-0.1, -0.05) is 146 Å². The monoisotopic (exact) mass is 1030 g/mol. The van der Waals surface area contributed by atoms with Gasteiger partial charge in [0, 0.05) is 33.6 Å². The molecule has 1 saturated heterocycles. The zero-order valence-electron chi connectivity index (χ0n) is 43.1. The summed E-state index contributed by atoms with van der Waals surface area (Å²) < 4.78 is 35.7. The topological polar surface area (TPSA) is 153 Å². The van der Waals surface area contributed by atoms with E-state index in [9.17, 15) is 9.69 Å². The van der Waals surface area contributed by atoms with Gasteiger partial charge < -0.3 is 23.8 Å². The number of ether oxygens (including phenoxy) is 4. The van der Waals surface area contributed by atoms with Crippen LogP contribution in [0, 0.1) is 0 Å². The first-order valence-corrected chi connectivity index (χ1v) is 29.1. The van der Waals surface area contributed by atoms with Crippen LogP contribution < -0.4 is 15.2 Å². The third kappa shape index (κ3) is 10.8. The molecule has 3 N–H and O–H groups in total. The zero-order valence-corrected chi connectivity index (χ0v) is 45.4. The number of benzene rings is 6. The molecule has 0 spiro atoms. The number of aliphatic imine (C=N–C) groups is 3. The molecule has 9 rings (SSSR count). The number of fused-ring (bicyclic) bond motifs is 1. The predicted molar refractivity (Wildman–Crippen MR) is 298 cm³/mol. The normalized spacial score (nSPS) is 20.6. The van der Waals surface area contributed by atoms with E-state index in [0.717, 1.165) is 22.7 Å². The number of Topliss-reactive ketones (excluding diaryl/α,β-unsaturated/α-hetero) is 1. The maximum Gasteiger partial charge on any atom is 0.345 e. The van der Waals surface area contributed by atoms with Crippen molar-refractivity contribution in [3.63, 3.8) is 0 Å². The summed E-state index contributed by atoms with van der Waals surface area (Å²) in [6, 6.07) is 57.0. The van der Waals surface area contributed by atoms with Gasteiger partial charge in [-0.25, -0.2) is 14.9 Å². The average molecular weight is 1030 g/mol. The van der Waals surface area contributed by atoms with Crippen molar-refractivity contribution in [2.75, 3.05) is 33.7 Å². The van der Waals surface area contributed by atoms with Crippen molar-refractivity contribution >= 4 is 41.1 Å². The SMILES string of the molecule is COc1ccc(C(OC[C@H]2O[C@@H](N3CN=C4C3=NC=NC4(N)C(=O)c3ccccc3)C[C@@H]2O[P+](O)(CC[SiH2]C(c2ccccc2)c2ccccc2)N(C(C)C)C(C)C)(c2ccccc2)c2ccc(OC)cc2)cc1. The number of hydrogen-bond acceptors (Lipinski definition) is 13. The molecule has 3 heterocycles. The van der Waals surface area contributed by atoms with Gasteiger partial charge in [-0.15, -0.1) is 4.67 Å². The van der Waals surface area contributed by atoms with Crippen molar-refractivity contribution in [3.05, 3.63) is 203 Å². The van der Waals surface area contributed by atoms with Gasteiger partial charge in [0.05, 0.1) is 20.8 Å². The van der Waals surface area contributed by atoms with Crippen LogP contribution >= 0.6 is 7.87 Å². The minimum Gasteiger partial charge on any atom is -0.497 e. The lowest BCUT2D eigenvalue weighted by Crippen LogP contribution is -2.59. The molecule has 1 fully saturated rings. The van der Waals surface area contributed by atoms with Gasteiger partial charge in [-0.2, -0.15) is 4.52 Å². The molecule has 3 aliphatic rings. The molecule has 74 heavy (non-hydrogen) atoms. The first-order valence-electron chi connectivity index (χ1n) is 25.5. The van der Waals surface area contributed by atoms with Crippen LogP contribution in [0.3, 0.4) is 0 Å². The van der Waals surface area contributed by atoms with Crippen molar-refractivity contribution in [1.82, 2.24) is 9.57 Å². The van der Waals surface area contributed by atoms with Crippen molar-refractivity contribution in [2.24, 2.45) is 20.7 Å². The summed E-state index contributed by atoms with van der Waals surface area (Å²) in [5.74, 6) is 1.43. The number of methoxy groups -OCH3 is 2. The van der Waals surface area contributed by atoms with E-state index in [1.807, 2.05) is 77.7 Å². The molecule has 384 valence electrons. The summed E-state index contributed by atoms with van der Waals surface area (Å²) in [4.78, 5) is 43.6. The van der Waals surface area contributed by atoms with E-state index < -0.39 is 47.1 Å². The molecule has 0 aliphatic carbocycles. The van der Waals surface area contributed by atoms with Crippen LogP contribution in [-0.2, 0) is 19.6 Å². The molecule has 15 heteroatoms. The summed E-state index contributed by atoms with van der Waals surface area (Å²) in [5.41, 5.74) is 10.1. The first kappa shape index (κ1) is 52.7. The Hall–Kier alpha value is -6.19. The number of ketones is 1. The maximum atomic E-state index is 14.1. The number of rotatable bonds is 22. The lowest BCUT2D eigenvalue weighted by molar-refractivity contribution is -0.0974. The third-order valence-corrected chi connectivity index (χ3v) is 20.3. The van der Waals surface area contributed by atoms with Crippen molar-refractivity contribution in [3.8, 4) is 11.5 Å². The van der Waals surface area contributed by atoms with Gasteiger partial charge in [-0.3, -0.25) is 15.5 Å². The minimum absolute atomic E-state index is 0.0389. The van der Waals surface area contributed by atoms with E-state index >= 15 is 0 Å². The fourth-order valence-electron chi connectivity index (χ4n) is 10.9. The van der Waals surface area contributed by atoms with Crippen LogP contribution in [0.25, 0.3) is 0 Å². The lowest BCUT2D eigenvalue weighted by atomic mass is 9.80. The first-order chi connectivity index (χ1) is 35.9. The Morgan fingerprint density at radius 2 is 1.30 bits per heavy atom. The maximum absolute atomic E-state index is 14.1. The molecule has 6 aromatic rings. The fraction of sp³-hybridized carbons (Fsp3) is 0.322. The Morgan fingerprint density at radius 3 is 1.82 bits per heavy atom. The number of amidine groups is 1. The summed E-state index contributed by atoms with van der Waals surface area (Å²) in [6.07, 6.45) is 0.0741. The van der Waals surface area contributed by atoms with E-state index in [-0.39, 0.29) is 42.4 Å². The van der Waals surface area contributed by atoms with Crippen molar-refractivity contribution < 1.29 is 33.2 Å². The van der Waals surface area contributed by atoms with Crippen LogP contribution in [0.15, 0.2) is 185 Å². The Morgan fingerprint density at radius 1 is 0.784 bits per heavy atom. The van der Waals surface area contributed by atoms with Gasteiger partial charge in [0.25, 0.3) is 0 Å². The lowest BCUT2D eigenvalue weighted by Gasteiger charge is -2.38. The minimum atomic E-state index is -3.39. The van der Waals surface area contributed by atoms with Gasteiger partial charge in [0.15, 0.2) is 5.84 Å². The zero-order chi connectivity index (χ0) is 51.9. The van der Waals surface area contributed by atoms with E-state index in [0.29, 0.717) is 35.5 Å². The van der Waals surface area contributed by atoms with E-state index in [2.05, 4.69) is 110 Å². The summed E-state index contributed by atoms with van der Waals surface area (Å²) in [7, 11) is -0.964. The molecular weight excluding hydrogens is 964 g/mol. The van der Waals surface area contributed by atoms with E-state index in [1.165, 1.54) is 17.5 Å². The van der Waals surface area contributed by atoms with Crippen LogP contribution in [0.2, 0.25) is 6.04 Å². The highest BCUT2D eigenvalue weighted by Crippen LogP contribution is 2.64. The highest BCUT2D eigenvalue weighted by atomic mass is 31.2. The number of hydrogen-bond donors (Lipinski definition) is 2. The number of nitrogens with zero attached hydrogens (tertiary/aromatic N) is 5. The smallest absolute Gasteiger partial charge is 0.345 e. The largest absolute Gasteiger partial charge is 0.497 e. The predicted octanol–water partition coefficient (Wildman–Crippen LogP) is 9.46. The molecule has 0 bridgehead atoms. The summed E-state index contributed by atoms with van der Waals surface area (Å²) >= 11 is 0. The van der Waals surface area contributed by atoms with E-state index in [4.69, 9.17) is 39.2 Å². The second kappa shape index (κ2) is 23.1. The van der Waals surface area contributed by atoms with Crippen LogP contribution in [0.1, 0.15) is 77.8 Å². The Labute approximate surface area is 438 Å². The van der Waals surface area contributed by atoms with Gasteiger partial charge in [0.2, 0.25) is 11.4 Å². The van der Waals surface area contributed by atoms with Crippen molar-refractivity contribution in [1.29, 1.82) is 0 Å². The molecule has 13 nitrogen and oxygen atoms in total. The number of carbonyl (C=O) groups is 1. The second-order valence-corrected chi connectivity index (χ2v) is 24.1. The standard InChI is InChI=1S/C59H68N6O7PSi/c1-41(2)65(42(3)4)73(67,35-36-74-54(43-19-11-7-12-20-43)44-21-13-8-14-22-44)72-51-37-53(64-40-62-55-57(64)61-39-63-59(55,60)56(66)45-23-15-9-16-24-45)71-52(51)38-70-58(46-25-17-10-18-26-46,47-27-31-49(68-5)32-28-47)48-29-33-50(69-6)34-30-48/h7-34,39,41-42,51-54,67H,35-38,40,60,74H2,1-6H3/q+1/t51-,52+,53+,59?,73?/m0/s1. The Kier molecular flexibility index (Phi) is 16.5. The molecule has 5 atom stereocenters. The molecular formula is C59H68N6O7PSi+. The molecule has 0 aromatic heterocycles. The second-order valence-electron chi connectivity index (χ2n) is 19.6. The van der Waals surface area contributed by atoms with Gasteiger partial charge in [-0.05, 0) is 91.4 Å². The van der Waals surface area contributed by atoms with Crippen LogP contribution in [-0.4, -0.2) is 117 Å². The average Bonchev–Trinajstić information content (AvgIpc) is 4.05. The third-order valence-electron chi connectivity index (χ3n) is 14.3. The Bertz CT molecular complexity index is 2810. The van der Waals surface area contributed by atoms with Gasteiger partial charge >= 0.3 is 7.87 Å². The van der Waals surface area contributed by atoms with Crippen molar-refractivity contribution in [2.45, 2.75) is 87.5 Å². The van der Waals surface area contributed by atoms with Gasteiger partial charge in [0.1, 0.15) is 60.4 Å².